The quantitative estimate of drug-likeness (QED) is 0.855. The van der Waals surface area contributed by atoms with Crippen molar-refractivity contribution in [2.45, 2.75) is 32.8 Å². The zero-order valence-electron chi connectivity index (χ0n) is 12.9. The monoisotopic (exact) mass is 324 g/mol. The summed E-state index contributed by atoms with van der Waals surface area (Å²) in [5.41, 5.74) is 1.84. The van der Waals surface area contributed by atoms with Crippen LogP contribution in [0.2, 0.25) is 0 Å². The molecule has 0 fully saturated rings. The van der Waals surface area contributed by atoms with Gasteiger partial charge in [-0.15, -0.1) is 0 Å². The Balaban J connectivity index is 1.83. The highest BCUT2D eigenvalue weighted by molar-refractivity contribution is 5.76. The number of aryl methyl sites for hydroxylation is 2. The van der Waals surface area contributed by atoms with Crippen LogP contribution in [-0.4, -0.2) is 22.7 Å². The number of nitrogens with zero attached hydrogens (tertiary/aromatic N) is 1. The van der Waals surface area contributed by atoms with Crippen LogP contribution in [0.25, 0.3) is 0 Å². The fourth-order valence-corrected chi connectivity index (χ4v) is 2.23. The number of aliphatic hydroxyl groups is 1. The summed E-state index contributed by atoms with van der Waals surface area (Å²) >= 11 is 0. The summed E-state index contributed by atoms with van der Waals surface area (Å²) in [6.45, 7) is 3.50. The minimum absolute atomic E-state index is 0.0779. The van der Waals surface area contributed by atoms with Crippen molar-refractivity contribution >= 4 is 5.91 Å². The first kappa shape index (κ1) is 17.1. The van der Waals surface area contributed by atoms with Gasteiger partial charge in [-0.25, -0.2) is 8.78 Å². The van der Waals surface area contributed by atoms with E-state index in [4.69, 9.17) is 4.52 Å². The standard InChI is InChI=1S/C16H18F2N2O3/c1-9-12(10(2)23-20-9)4-6-16(22)19-8-15(21)11-3-5-13(17)14(18)7-11/h3,5,7,15,21H,4,6,8H2,1-2H3,(H,19,22)/t15-/m1/s1. The van der Waals surface area contributed by atoms with Gasteiger partial charge in [0.15, 0.2) is 11.6 Å². The highest BCUT2D eigenvalue weighted by Crippen LogP contribution is 2.16. The predicted octanol–water partition coefficient (Wildman–Crippen LogP) is 2.35. The summed E-state index contributed by atoms with van der Waals surface area (Å²) in [6, 6.07) is 3.13. The number of aliphatic hydroxyl groups excluding tert-OH is 1. The van der Waals surface area contributed by atoms with Crippen molar-refractivity contribution in [1.82, 2.24) is 10.5 Å². The average molecular weight is 324 g/mol. The lowest BCUT2D eigenvalue weighted by molar-refractivity contribution is -0.121. The number of amides is 1. The molecule has 124 valence electrons. The third kappa shape index (κ3) is 4.35. The zero-order valence-corrected chi connectivity index (χ0v) is 12.9. The molecule has 23 heavy (non-hydrogen) atoms. The molecule has 0 saturated carbocycles. The Kier molecular flexibility index (Phi) is 5.44. The number of aromatic nitrogens is 1. The first-order valence-corrected chi connectivity index (χ1v) is 7.20. The Morgan fingerprint density at radius 2 is 2.09 bits per heavy atom. The molecule has 2 N–H and O–H groups in total. The van der Waals surface area contributed by atoms with E-state index < -0.39 is 17.7 Å². The molecule has 1 atom stereocenters. The number of halogens is 2. The van der Waals surface area contributed by atoms with E-state index in [1.807, 2.05) is 0 Å². The van der Waals surface area contributed by atoms with Gasteiger partial charge in [0.25, 0.3) is 0 Å². The van der Waals surface area contributed by atoms with Crippen LogP contribution < -0.4 is 5.32 Å². The lowest BCUT2D eigenvalue weighted by Gasteiger charge is -2.12. The molecule has 1 aromatic carbocycles. The molecule has 2 rings (SSSR count). The second-order valence-electron chi connectivity index (χ2n) is 5.30. The molecule has 0 bridgehead atoms. The van der Waals surface area contributed by atoms with Crippen LogP contribution in [0.3, 0.4) is 0 Å². The highest BCUT2D eigenvalue weighted by Gasteiger charge is 2.14. The number of benzene rings is 1. The molecule has 0 saturated heterocycles. The molecule has 5 nitrogen and oxygen atoms in total. The molecule has 0 unspecified atom stereocenters. The molecule has 0 aliphatic rings. The van der Waals surface area contributed by atoms with E-state index in [9.17, 15) is 18.7 Å². The minimum atomic E-state index is -1.10. The second-order valence-corrected chi connectivity index (χ2v) is 5.30. The maximum Gasteiger partial charge on any atom is 0.220 e. The molecular formula is C16H18F2N2O3. The summed E-state index contributed by atoms with van der Waals surface area (Å²) < 4.78 is 31.0. The van der Waals surface area contributed by atoms with Crippen molar-refractivity contribution in [3.8, 4) is 0 Å². The van der Waals surface area contributed by atoms with Crippen molar-refractivity contribution < 1.29 is 23.2 Å². The van der Waals surface area contributed by atoms with E-state index in [0.717, 1.165) is 23.4 Å². The van der Waals surface area contributed by atoms with E-state index in [0.29, 0.717) is 12.2 Å². The molecule has 0 spiro atoms. The van der Waals surface area contributed by atoms with Crippen LogP contribution in [0.4, 0.5) is 8.78 Å². The first-order valence-electron chi connectivity index (χ1n) is 7.20. The fourth-order valence-electron chi connectivity index (χ4n) is 2.23. The molecule has 1 heterocycles. The van der Waals surface area contributed by atoms with Gasteiger partial charge in [-0.05, 0) is 38.0 Å². The number of carbonyl (C=O) groups is 1. The Hall–Kier alpha value is -2.28. The summed E-state index contributed by atoms with van der Waals surface area (Å²) in [4.78, 5) is 11.8. The van der Waals surface area contributed by atoms with E-state index in [1.165, 1.54) is 6.07 Å². The van der Waals surface area contributed by atoms with Gasteiger partial charge in [-0.1, -0.05) is 11.2 Å². The van der Waals surface area contributed by atoms with Crippen molar-refractivity contribution in [3.05, 3.63) is 52.4 Å². The average Bonchev–Trinajstić information content (AvgIpc) is 2.84. The van der Waals surface area contributed by atoms with E-state index in [-0.39, 0.29) is 24.4 Å². The topological polar surface area (TPSA) is 75.4 Å². The summed E-state index contributed by atoms with van der Waals surface area (Å²) in [5.74, 6) is -1.60. The van der Waals surface area contributed by atoms with Crippen LogP contribution in [0.15, 0.2) is 22.7 Å². The Labute approximate surface area is 132 Å². The molecule has 2 aromatic rings. The lowest BCUT2D eigenvalue weighted by atomic mass is 10.1. The summed E-state index contributed by atoms with van der Waals surface area (Å²) in [5, 5.41) is 16.3. The highest BCUT2D eigenvalue weighted by atomic mass is 19.2. The van der Waals surface area contributed by atoms with Gasteiger partial charge >= 0.3 is 0 Å². The Bertz CT molecular complexity index is 681. The van der Waals surface area contributed by atoms with Gasteiger partial charge in [-0.3, -0.25) is 4.79 Å². The first-order chi connectivity index (χ1) is 10.9. The van der Waals surface area contributed by atoms with Gasteiger partial charge in [0.05, 0.1) is 11.8 Å². The van der Waals surface area contributed by atoms with Crippen molar-refractivity contribution in [2.75, 3.05) is 6.54 Å². The smallest absolute Gasteiger partial charge is 0.220 e. The third-order valence-corrected chi connectivity index (χ3v) is 3.60. The molecule has 1 amide bonds. The number of nitrogens with one attached hydrogen (secondary N) is 1. The third-order valence-electron chi connectivity index (χ3n) is 3.60. The number of rotatable bonds is 6. The lowest BCUT2D eigenvalue weighted by Crippen LogP contribution is -2.28. The van der Waals surface area contributed by atoms with Crippen LogP contribution >= 0.6 is 0 Å². The zero-order chi connectivity index (χ0) is 17.0. The SMILES string of the molecule is Cc1noc(C)c1CCC(=O)NC[C@@H](O)c1ccc(F)c(F)c1. The van der Waals surface area contributed by atoms with Gasteiger partial charge in [0.2, 0.25) is 5.91 Å². The molecule has 0 aliphatic heterocycles. The molecular weight excluding hydrogens is 306 g/mol. The largest absolute Gasteiger partial charge is 0.387 e. The van der Waals surface area contributed by atoms with E-state index in [1.54, 1.807) is 13.8 Å². The molecule has 0 aliphatic carbocycles. The normalized spacial score (nSPS) is 12.2. The van der Waals surface area contributed by atoms with Crippen LogP contribution in [-0.2, 0) is 11.2 Å². The van der Waals surface area contributed by atoms with Crippen molar-refractivity contribution in [1.29, 1.82) is 0 Å². The van der Waals surface area contributed by atoms with Crippen LogP contribution in [0, 0.1) is 25.5 Å². The summed E-state index contributed by atoms with van der Waals surface area (Å²) in [6.07, 6.45) is -0.408. The molecule has 7 heteroatoms. The van der Waals surface area contributed by atoms with Crippen molar-refractivity contribution in [2.24, 2.45) is 0 Å². The van der Waals surface area contributed by atoms with E-state index in [2.05, 4.69) is 10.5 Å². The fraction of sp³-hybridized carbons (Fsp3) is 0.375. The van der Waals surface area contributed by atoms with Crippen molar-refractivity contribution in [3.63, 3.8) is 0 Å². The minimum Gasteiger partial charge on any atom is -0.387 e. The van der Waals surface area contributed by atoms with Gasteiger partial charge in [0.1, 0.15) is 5.76 Å². The maximum absolute atomic E-state index is 13.1. The van der Waals surface area contributed by atoms with Crippen LogP contribution in [0.1, 0.15) is 35.1 Å². The second kappa shape index (κ2) is 7.32. The Morgan fingerprint density at radius 1 is 1.35 bits per heavy atom. The van der Waals surface area contributed by atoms with Crippen LogP contribution in [0.5, 0.6) is 0 Å². The molecule has 1 aromatic heterocycles. The van der Waals surface area contributed by atoms with Gasteiger partial charge in [0, 0.05) is 18.5 Å². The maximum atomic E-state index is 13.1. The van der Waals surface area contributed by atoms with E-state index >= 15 is 0 Å². The molecule has 0 radical (unpaired) electrons. The Morgan fingerprint density at radius 3 is 2.70 bits per heavy atom. The number of hydrogen-bond donors (Lipinski definition) is 2. The predicted molar refractivity (Wildman–Crippen MR) is 78.6 cm³/mol. The summed E-state index contributed by atoms with van der Waals surface area (Å²) in [7, 11) is 0. The van der Waals surface area contributed by atoms with Gasteiger partial charge < -0.3 is 14.9 Å². The van der Waals surface area contributed by atoms with Gasteiger partial charge in [-0.2, -0.15) is 0 Å². The number of carbonyl (C=O) groups excluding carboxylic acids is 1. The number of hydrogen-bond acceptors (Lipinski definition) is 4.